The minimum atomic E-state index is -0.427. The van der Waals surface area contributed by atoms with Crippen LogP contribution in [0.2, 0.25) is 0 Å². The number of aromatic nitrogens is 6. The van der Waals surface area contributed by atoms with Crippen molar-refractivity contribution >= 4 is 10.8 Å². The second kappa shape index (κ2) is 29.9. The van der Waals surface area contributed by atoms with E-state index >= 15 is 0 Å². The third-order valence-electron chi connectivity index (χ3n) is 23.4. The van der Waals surface area contributed by atoms with E-state index in [2.05, 4.69) is 376 Å². The van der Waals surface area contributed by atoms with Gasteiger partial charge < -0.3 is 0 Å². The van der Waals surface area contributed by atoms with E-state index in [1.165, 1.54) is 94.2 Å². The Balaban J connectivity index is 0.000000150. The van der Waals surface area contributed by atoms with E-state index in [9.17, 15) is 0 Å². The predicted octanol–water partition coefficient (Wildman–Crippen LogP) is 27.6. The Bertz CT molecular complexity index is 6760. The number of hydrogen-bond acceptors (Lipinski definition) is 6. The second-order valence-corrected chi connectivity index (χ2v) is 30.5. The van der Waals surface area contributed by atoms with Crippen molar-refractivity contribution in [2.45, 2.75) is 24.7 Å². The van der Waals surface area contributed by atoms with Gasteiger partial charge in [0.1, 0.15) is 0 Å². The molecule has 19 aromatic rings. The smallest absolute Gasteiger partial charge is 0.160 e. The summed E-state index contributed by atoms with van der Waals surface area (Å²) in [6.45, 7) is 4.71. The van der Waals surface area contributed by atoms with Crippen LogP contribution in [-0.2, 0) is 10.8 Å². The van der Waals surface area contributed by atoms with Crippen molar-refractivity contribution in [3.8, 4) is 157 Å². The molecule has 0 atom stereocenters. The molecule has 6 heteroatoms. The molecule has 0 N–H and O–H groups in total. The topological polar surface area (TPSA) is 77.3 Å². The Morgan fingerprint density at radius 3 is 0.957 bits per heavy atom. The Kier molecular flexibility index (Phi) is 18.1. The lowest BCUT2D eigenvalue weighted by molar-refractivity contribution is 0.661. The Morgan fingerprint density at radius 1 is 0.207 bits per heavy atom. The number of hydrogen-bond donors (Lipinski definition) is 0. The maximum absolute atomic E-state index is 5.08. The van der Waals surface area contributed by atoms with E-state index in [1.54, 1.807) is 12.4 Å². The van der Waals surface area contributed by atoms with Crippen molar-refractivity contribution in [1.29, 1.82) is 0 Å². The molecule has 0 bridgehead atoms. The molecule has 0 spiro atoms. The molecular weight excluding hydrogens is 1410 g/mol. The van der Waals surface area contributed by atoms with Gasteiger partial charge in [0.2, 0.25) is 0 Å². The lowest BCUT2D eigenvalue weighted by Crippen LogP contribution is -2.28. The molecule has 0 saturated carbocycles. The summed E-state index contributed by atoms with van der Waals surface area (Å²) in [7, 11) is 0. The number of benzene rings is 15. The van der Waals surface area contributed by atoms with E-state index in [0.29, 0.717) is 11.6 Å². The third-order valence-corrected chi connectivity index (χ3v) is 23.4. The van der Waals surface area contributed by atoms with Crippen LogP contribution in [0.25, 0.3) is 168 Å². The normalized spacial score (nSPS) is 12.5. The quantitative estimate of drug-likeness (QED) is 0.108. The summed E-state index contributed by atoms with van der Waals surface area (Å²) >= 11 is 0. The molecular formula is C110H76N6. The van der Waals surface area contributed by atoms with Gasteiger partial charge in [0.25, 0.3) is 0 Å². The third kappa shape index (κ3) is 13.0. The summed E-state index contributed by atoms with van der Waals surface area (Å²) in [6.07, 6.45) is 7.37. The first kappa shape index (κ1) is 70.2. The fourth-order valence-corrected chi connectivity index (χ4v) is 17.3. The molecule has 0 amide bonds. The number of pyridine rings is 2. The molecule has 2 aliphatic carbocycles. The van der Waals surface area contributed by atoms with E-state index in [1.807, 2.05) is 60.9 Å². The fraction of sp³-hybridized carbons (Fsp3) is 0.0364. The first-order valence-corrected chi connectivity index (χ1v) is 39.6. The van der Waals surface area contributed by atoms with Gasteiger partial charge in [0, 0.05) is 63.6 Å². The van der Waals surface area contributed by atoms with Gasteiger partial charge in [0.15, 0.2) is 11.6 Å². The van der Waals surface area contributed by atoms with Crippen molar-refractivity contribution in [3.05, 3.63) is 459 Å². The fourth-order valence-electron chi connectivity index (χ4n) is 17.3. The van der Waals surface area contributed by atoms with Crippen LogP contribution in [-0.4, -0.2) is 29.9 Å². The number of fused-ring (bicyclic) bond motifs is 8. The zero-order chi connectivity index (χ0) is 77.5. The van der Waals surface area contributed by atoms with Crippen LogP contribution >= 0.6 is 0 Å². The maximum atomic E-state index is 5.08. The van der Waals surface area contributed by atoms with Crippen LogP contribution in [0.4, 0.5) is 0 Å². The van der Waals surface area contributed by atoms with Gasteiger partial charge in [-0.2, -0.15) is 0 Å². The lowest BCUT2D eigenvalue weighted by Gasteiger charge is -2.34. The Labute approximate surface area is 676 Å². The molecule has 116 heavy (non-hydrogen) atoms. The monoisotopic (exact) mass is 1480 g/mol. The van der Waals surface area contributed by atoms with Gasteiger partial charge in [0.05, 0.1) is 28.2 Å². The van der Waals surface area contributed by atoms with Gasteiger partial charge in [-0.1, -0.05) is 378 Å². The summed E-state index contributed by atoms with van der Waals surface area (Å²) in [5.74, 6) is 1.40. The van der Waals surface area contributed by atoms with Crippen LogP contribution in [0.1, 0.15) is 47.2 Å². The summed E-state index contributed by atoms with van der Waals surface area (Å²) < 4.78 is 0. The highest BCUT2D eigenvalue weighted by Crippen LogP contribution is 2.57. The molecule has 0 fully saturated rings. The molecule has 0 unspecified atom stereocenters. The standard InChI is InChI=1S/C58H39N3.C52H37N3/c1-4-13-46(14-5-1)57-60-55(38-56(61-57)45-32-28-43(29-33-45)48-15-12-36-59-39-48)44-30-26-41(27-31-44)40-22-24-42(25-23-40)47-34-35-52-51-20-10-11-21-53(51)58(54(52)37-47,49-16-6-2-7-17-49)50-18-8-3-9-19-50;1-52(2)46-29-27-38-9-6-7-13-44(38)50(46)45-28-26-42(31-47(45)52)36-16-14-34(15-17-36)35-18-22-39(23-19-35)48-32-49(55-51(54-48)41-10-4-3-5-11-41)40-24-20-37(21-25-40)43-12-8-30-53-33-43/h1-39H;3-33H,1-2H3. The van der Waals surface area contributed by atoms with Crippen molar-refractivity contribution in [3.63, 3.8) is 0 Å². The Morgan fingerprint density at radius 2 is 0.534 bits per heavy atom. The first-order chi connectivity index (χ1) is 57.2. The highest BCUT2D eigenvalue weighted by molar-refractivity contribution is 6.03. The van der Waals surface area contributed by atoms with Crippen LogP contribution in [0.15, 0.2) is 425 Å². The molecule has 4 heterocycles. The van der Waals surface area contributed by atoms with Gasteiger partial charge in [-0.3, -0.25) is 9.97 Å². The largest absolute Gasteiger partial charge is 0.264 e. The zero-order valence-corrected chi connectivity index (χ0v) is 64.1. The van der Waals surface area contributed by atoms with Crippen LogP contribution in [0.3, 0.4) is 0 Å². The van der Waals surface area contributed by atoms with Gasteiger partial charge in [-0.25, -0.2) is 19.9 Å². The number of nitrogens with zero attached hydrogens (tertiary/aromatic N) is 6. The first-order valence-electron chi connectivity index (χ1n) is 39.6. The van der Waals surface area contributed by atoms with E-state index in [-0.39, 0.29) is 5.41 Å². The van der Waals surface area contributed by atoms with Crippen LogP contribution in [0.5, 0.6) is 0 Å². The minimum absolute atomic E-state index is 0.0659. The molecule has 2 aliphatic rings. The average Bonchev–Trinajstić information content (AvgIpc) is 1.55. The predicted molar refractivity (Wildman–Crippen MR) is 477 cm³/mol. The maximum Gasteiger partial charge on any atom is 0.160 e. The number of rotatable bonds is 14. The lowest BCUT2D eigenvalue weighted by atomic mass is 9.67. The van der Waals surface area contributed by atoms with E-state index in [0.717, 1.165) is 95.1 Å². The summed E-state index contributed by atoms with van der Waals surface area (Å²) in [4.78, 5) is 28.8. The molecule has 0 saturated heterocycles. The molecule has 0 radical (unpaired) electrons. The van der Waals surface area contributed by atoms with Gasteiger partial charge >= 0.3 is 0 Å². The SMILES string of the molecule is CC1(C)c2cc(-c3ccc(-c4ccc(-c5cc(-c6ccc(-c7cccnc7)cc6)nc(-c6ccccc6)n5)cc4)cc3)ccc2-c2c1ccc1ccccc21.c1ccc(-c2nc(-c3ccc(-c4ccc(-c5ccc6c(c5)C(c5ccccc5)(c5ccccc5)c5ccccc5-6)cc4)cc3)cc(-c3ccc(-c4cccnc4)cc3)n2)cc1. The van der Waals surface area contributed by atoms with Crippen LogP contribution in [0, 0.1) is 0 Å². The van der Waals surface area contributed by atoms with E-state index < -0.39 is 5.41 Å². The summed E-state index contributed by atoms with van der Waals surface area (Å²) in [5.41, 5.74) is 36.3. The van der Waals surface area contributed by atoms with Crippen molar-refractivity contribution < 1.29 is 0 Å². The molecule has 15 aromatic carbocycles. The molecule has 21 rings (SSSR count). The highest BCUT2D eigenvalue weighted by Gasteiger charge is 2.46. The summed E-state index contributed by atoms with van der Waals surface area (Å²) in [6, 6.07) is 143. The van der Waals surface area contributed by atoms with Crippen molar-refractivity contribution in [2.75, 3.05) is 0 Å². The van der Waals surface area contributed by atoms with Gasteiger partial charge in [-0.05, 0) is 170 Å². The minimum Gasteiger partial charge on any atom is -0.264 e. The van der Waals surface area contributed by atoms with Crippen molar-refractivity contribution in [1.82, 2.24) is 29.9 Å². The van der Waals surface area contributed by atoms with E-state index in [4.69, 9.17) is 19.9 Å². The van der Waals surface area contributed by atoms with Crippen molar-refractivity contribution in [2.24, 2.45) is 0 Å². The second-order valence-electron chi connectivity index (χ2n) is 30.5. The molecule has 0 aliphatic heterocycles. The Hall–Kier alpha value is -15.0. The van der Waals surface area contributed by atoms with Gasteiger partial charge in [-0.15, -0.1) is 0 Å². The van der Waals surface area contributed by atoms with Crippen LogP contribution < -0.4 is 0 Å². The molecule has 4 aromatic heterocycles. The summed E-state index contributed by atoms with van der Waals surface area (Å²) in [5, 5.41) is 2.62. The zero-order valence-electron chi connectivity index (χ0n) is 64.1. The average molecular weight is 1480 g/mol. The molecule has 6 nitrogen and oxygen atoms in total. The molecule has 546 valence electrons. The highest BCUT2D eigenvalue weighted by atomic mass is 14.9.